The third-order valence-corrected chi connectivity index (χ3v) is 5.18. The summed E-state index contributed by atoms with van der Waals surface area (Å²) in [6, 6.07) is 21.7. The van der Waals surface area contributed by atoms with E-state index in [2.05, 4.69) is 11.1 Å². The van der Waals surface area contributed by atoms with Crippen LogP contribution in [0.3, 0.4) is 0 Å². The second-order valence-corrected chi connectivity index (χ2v) is 7.61. The number of thioether (sulfide) groups is 1. The molecule has 0 unspecified atom stereocenters. The van der Waals surface area contributed by atoms with Crippen LogP contribution < -0.4 is 0 Å². The van der Waals surface area contributed by atoms with Gasteiger partial charge >= 0.3 is 0 Å². The number of hydrogen-bond acceptors (Lipinski definition) is 5. The van der Waals surface area contributed by atoms with Crippen LogP contribution in [-0.4, -0.2) is 34.6 Å². The van der Waals surface area contributed by atoms with Crippen LogP contribution in [0.15, 0.2) is 70.3 Å². The van der Waals surface area contributed by atoms with Crippen molar-refractivity contribution in [2.45, 2.75) is 23.8 Å². The molecule has 1 amide bonds. The highest BCUT2D eigenvalue weighted by Crippen LogP contribution is 2.36. The minimum Gasteiger partial charge on any atom is -0.431 e. The highest BCUT2D eigenvalue weighted by molar-refractivity contribution is 8.00. The van der Waals surface area contributed by atoms with E-state index in [1.54, 1.807) is 11.9 Å². The molecule has 0 saturated carbocycles. The molecule has 3 aromatic rings. The summed E-state index contributed by atoms with van der Waals surface area (Å²) < 4.78 is 6.07. The standard InChI is InChI=1S/C22H21N3O2S/c1-16(21(26)25(2)15-9-14-23)28-22-24-19(17-10-5-3-6-11-17)20(27-22)18-12-7-4-8-13-18/h3-8,10-13,16H,9,15H2,1-2H3/t16-/m1/s1. The van der Waals surface area contributed by atoms with Crippen LogP contribution in [0, 0.1) is 11.3 Å². The molecule has 0 bridgehead atoms. The van der Waals surface area contributed by atoms with Crippen LogP contribution in [0.2, 0.25) is 0 Å². The fourth-order valence-electron chi connectivity index (χ4n) is 2.77. The number of amides is 1. The maximum atomic E-state index is 12.5. The van der Waals surface area contributed by atoms with Crippen molar-refractivity contribution in [1.29, 1.82) is 5.26 Å². The quantitative estimate of drug-likeness (QED) is 0.538. The monoisotopic (exact) mass is 391 g/mol. The van der Waals surface area contributed by atoms with E-state index in [1.165, 1.54) is 11.8 Å². The fourth-order valence-corrected chi connectivity index (χ4v) is 3.63. The summed E-state index contributed by atoms with van der Waals surface area (Å²) in [5.74, 6) is 0.632. The number of rotatable bonds is 7. The third kappa shape index (κ3) is 4.62. The summed E-state index contributed by atoms with van der Waals surface area (Å²) in [6.45, 7) is 2.24. The van der Waals surface area contributed by atoms with E-state index in [1.807, 2.05) is 67.6 Å². The topological polar surface area (TPSA) is 70.1 Å². The van der Waals surface area contributed by atoms with E-state index in [4.69, 9.17) is 9.68 Å². The first-order valence-corrected chi connectivity index (χ1v) is 9.88. The Kier molecular flexibility index (Phi) is 6.51. The van der Waals surface area contributed by atoms with Gasteiger partial charge in [0, 0.05) is 24.7 Å². The summed E-state index contributed by atoms with van der Waals surface area (Å²) in [6.07, 6.45) is 0.314. The molecule has 5 nitrogen and oxygen atoms in total. The molecule has 0 saturated heterocycles. The normalized spacial score (nSPS) is 11.6. The van der Waals surface area contributed by atoms with Gasteiger partial charge in [0.2, 0.25) is 5.91 Å². The van der Waals surface area contributed by atoms with Crippen molar-refractivity contribution in [2.75, 3.05) is 13.6 Å². The van der Waals surface area contributed by atoms with Gasteiger partial charge in [-0.2, -0.15) is 5.26 Å². The van der Waals surface area contributed by atoms with Gasteiger partial charge in [0.25, 0.3) is 5.22 Å². The zero-order valence-corrected chi connectivity index (χ0v) is 16.6. The second kappa shape index (κ2) is 9.25. The van der Waals surface area contributed by atoms with Crippen LogP contribution in [0.5, 0.6) is 0 Å². The van der Waals surface area contributed by atoms with Gasteiger partial charge in [-0.15, -0.1) is 0 Å². The lowest BCUT2D eigenvalue weighted by atomic mass is 10.1. The van der Waals surface area contributed by atoms with Crippen LogP contribution in [0.1, 0.15) is 13.3 Å². The highest BCUT2D eigenvalue weighted by Gasteiger charge is 2.23. The molecule has 0 aliphatic carbocycles. The SMILES string of the molecule is C[C@@H](Sc1nc(-c2ccccc2)c(-c2ccccc2)o1)C(=O)N(C)CCC#N. The molecular weight excluding hydrogens is 370 g/mol. The Labute approximate surface area is 169 Å². The van der Waals surface area contributed by atoms with Crippen LogP contribution in [0.4, 0.5) is 0 Å². The van der Waals surface area contributed by atoms with Crippen molar-refractivity contribution in [1.82, 2.24) is 9.88 Å². The first kappa shape index (κ1) is 19.7. The van der Waals surface area contributed by atoms with Crippen molar-refractivity contribution in [3.05, 3.63) is 60.7 Å². The van der Waals surface area contributed by atoms with E-state index < -0.39 is 0 Å². The van der Waals surface area contributed by atoms with Gasteiger partial charge in [0.1, 0.15) is 5.69 Å². The minimum atomic E-state index is -0.366. The number of carbonyl (C=O) groups excluding carboxylic acids is 1. The van der Waals surface area contributed by atoms with Gasteiger partial charge < -0.3 is 9.32 Å². The van der Waals surface area contributed by atoms with E-state index in [0.717, 1.165) is 16.8 Å². The Bertz CT molecular complexity index is 907. The maximum Gasteiger partial charge on any atom is 0.257 e. The zero-order chi connectivity index (χ0) is 19.9. The molecule has 1 heterocycles. The van der Waals surface area contributed by atoms with Gasteiger partial charge in [-0.25, -0.2) is 4.98 Å². The van der Waals surface area contributed by atoms with Gasteiger partial charge in [-0.1, -0.05) is 72.4 Å². The Morgan fingerprint density at radius 2 is 1.75 bits per heavy atom. The molecule has 1 atom stereocenters. The van der Waals surface area contributed by atoms with Crippen molar-refractivity contribution < 1.29 is 9.21 Å². The molecule has 0 aliphatic rings. The smallest absolute Gasteiger partial charge is 0.257 e. The Morgan fingerprint density at radius 3 is 2.36 bits per heavy atom. The number of nitrogens with zero attached hydrogens (tertiary/aromatic N) is 3. The summed E-state index contributed by atoms with van der Waals surface area (Å²) in [5.41, 5.74) is 2.65. The number of aromatic nitrogens is 1. The summed E-state index contributed by atoms with van der Waals surface area (Å²) in [4.78, 5) is 18.8. The van der Waals surface area contributed by atoms with Crippen LogP contribution >= 0.6 is 11.8 Å². The van der Waals surface area contributed by atoms with Crippen molar-refractivity contribution in [3.63, 3.8) is 0 Å². The molecule has 6 heteroatoms. The molecule has 3 rings (SSSR count). The molecule has 0 fully saturated rings. The number of hydrogen-bond donors (Lipinski definition) is 0. The molecule has 0 aliphatic heterocycles. The molecule has 28 heavy (non-hydrogen) atoms. The van der Waals surface area contributed by atoms with Crippen LogP contribution in [0.25, 0.3) is 22.6 Å². The number of benzene rings is 2. The Hall–Kier alpha value is -3.04. The minimum absolute atomic E-state index is 0.0547. The molecule has 0 N–H and O–H groups in total. The number of carbonyl (C=O) groups is 1. The number of nitriles is 1. The van der Waals surface area contributed by atoms with Crippen molar-refractivity contribution in [2.24, 2.45) is 0 Å². The highest BCUT2D eigenvalue weighted by atomic mass is 32.2. The van der Waals surface area contributed by atoms with E-state index >= 15 is 0 Å². The second-order valence-electron chi connectivity index (χ2n) is 6.32. The van der Waals surface area contributed by atoms with Crippen molar-refractivity contribution >= 4 is 17.7 Å². The average molecular weight is 391 g/mol. The lowest BCUT2D eigenvalue weighted by Gasteiger charge is -2.18. The van der Waals surface area contributed by atoms with Gasteiger partial charge in [0.15, 0.2) is 5.76 Å². The van der Waals surface area contributed by atoms with Gasteiger partial charge in [-0.05, 0) is 6.92 Å². The molecule has 2 aromatic carbocycles. The third-order valence-electron chi connectivity index (χ3n) is 4.25. The Balaban J connectivity index is 1.88. The van der Waals surface area contributed by atoms with Gasteiger partial charge in [-0.3, -0.25) is 4.79 Å². The lowest BCUT2D eigenvalue weighted by Crippen LogP contribution is -2.33. The summed E-state index contributed by atoms with van der Waals surface area (Å²) in [5, 5.41) is 8.79. The van der Waals surface area contributed by atoms with Crippen molar-refractivity contribution in [3.8, 4) is 28.7 Å². The number of oxazole rings is 1. The molecule has 142 valence electrons. The first-order valence-electron chi connectivity index (χ1n) is 9.00. The fraction of sp³-hybridized carbons (Fsp3) is 0.227. The van der Waals surface area contributed by atoms with E-state index in [-0.39, 0.29) is 11.2 Å². The largest absolute Gasteiger partial charge is 0.431 e. The van der Waals surface area contributed by atoms with E-state index in [9.17, 15) is 4.79 Å². The zero-order valence-electron chi connectivity index (χ0n) is 15.8. The first-order chi connectivity index (χ1) is 13.6. The molecule has 1 aromatic heterocycles. The van der Waals surface area contributed by atoms with Gasteiger partial charge in [0.05, 0.1) is 17.7 Å². The molecular formula is C22H21N3O2S. The predicted molar refractivity (Wildman–Crippen MR) is 111 cm³/mol. The molecule has 0 radical (unpaired) electrons. The summed E-state index contributed by atoms with van der Waals surface area (Å²) >= 11 is 1.29. The maximum absolute atomic E-state index is 12.5. The van der Waals surface area contributed by atoms with Crippen LogP contribution in [-0.2, 0) is 4.79 Å². The van der Waals surface area contributed by atoms with E-state index in [0.29, 0.717) is 23.9 Å². The average Bonchev–Trinajstić information content (AvgIpc) is 3.16. The Morgan fingerprint density at radius 1 is 1.14 bits per heavy atom. The molecule has 0 spiro atoms. The summed E-state index contributed by atoms with van der Waals surface area (Å²) in [7, 11) is 1.71. The predicted octanol–water partition coefficient (Wildman–Crippen LogP) is 4.86. The lowest BCUT2D eigenvalue weighted by molar-refractivity contribution is -0.128.